The molecule has 19 heavy (non-hydrogen) atoms. The maximum atomic E-state index is 6.34. The number of nitrogens with one attached hydrogen (secondary N) is 1. The van der Waals surface area contributed by atoms with Crippen molar-refractivity contribution in [3.8, 4) is 0 Å². The molecule has 1 aliphatic rings. The van der Waals surface area contributed by atoms with Crippen molar-refractivity contribution in [3.05, 3.63) is 17.6 Å². The largest absolute Gasteiger partial charge is 0.368 e. The molecule has 3 nitrogen and oxygen atoms in total. The monoisotopic (exact) mass is 281 g/mol. The molecule has 1 aliphatic carbocycles. The molecule has 0 amide bonds. The zero-order valence-electron chi connectivity index (χ0n) is 12.0. The highest BCUT2D eigenvalue weighted by molar-refractivity contribution is 6.20. The summed E-state index contributed by atoms with van der Waals surface area (Å²) in [5.74, 6) is 1.63. The van der Waals surface area contributed by atoms with E-state index >= 15 is 0 Å². The fraction of sp³-hybridized carbons (Fsp3) is 0.733. The highest BCUT2D eigenvalue weighted by Crippen LogP contribution is 2.24. The topological polar surface area (TPSA) is 37.8 Å². The van der Waals surface area contributed by atoms with Crippen LogP contribution in [0.3, 0.4) is 0 Å². The van der Waals surface area contributed by atoms with Gasteiger partial charge < -0.3 is 5.32 Å². The van der Waals surface area contributed by atoms with E-state index in [2.05, 4.69) is 29.1 Å². The van der Waals surface area contributed by atoms with Crippen LogP contribution in [-0.4, -0.2) is 21.9 Å². The van der Waals surface area contributed by atoms with Crippen LogP contribution in [0.25, 0.3) is 0 Å². The van der Waals surface area contributed by atoms with Crippen molar-refractivity contribution in [1.29, 1.82) is 0 Å². The summed E-state index contributed by atoms with van der Waals surface area (Å²) in [7, 11) is 0. The number of alkyl halides is 1. The number of nitrogens with zero attached hydrogens (tertiary/aromatic N) is 2. The van der Waals surface area contributed by atoms with Gasteiger partial charge in [-0.25, -0.2) is 9.97 Å². The highest BCUT2D eigenvalue weighted by atomic mass is 35.5. The number of rotatable bonds is 5. The maximum Gasteiger partial charge on any atom is 0.132 e. The van der Waals surface area contributed by atoms with E-state index in [1.54, 1.807) is 6.33 Å². The Kier molecular flexibility index (Phi) is 5.44. The Morgan fingerprint density at radius 1 is 1.21 bits per heavy atom. The van der Waals surface area contributed by atoms with Crippen LogP contribution in [0.2, 0.25) is 0 Å². The summed E-state index contributed by atoms with van der Waals surface area (Å²) in [4.78, 5) is 8.84. The molecular formula is C15H24ClN3. The van der Waals surface area contributed by atoms with E-state index in [1.807, 2.05) is 0 Å². The van der Waals surface area contributed by atoms with Gasteiger partial charge in [0.1, 0.15) is 12.1 Å². The van der Waals surface area contributed by atoms with Crippen LogP contribution >= 0.6 is 11.6 Å². The summed E-state index contributed by atoms with van der Waals surface area (Å²) in [6.45, 7) is 5.18. The third kappa shape index (κ3) is 4.34. The molecule has 0 aromatic carbocycles. The number of fused-ring (bicyclic) bond motifs is 1. The number of hydrogen-bond donors (Lipinski definition) is 1. The first-order valence-electron chi connectivity index (χ1n) is 7.37. The molecular weight excluding hydrogens is 258 g/mol. The summed E-state index contributed by atoms with van der Waals surface area (Å²) in [6, 6.07) is 0. The lowest BCUT2D eigenvalue weighted by Crippen LogP contribution is -2.18. The SMILES string of the molecule is CC(C)CC(Cl)CNc1ncnc2c1CCCCC2. The van der Waals surface area contributed by atoms with Gasteiger partial charge >= 0.3 is 0 Å². The van der Waals surface area contributed by atoms with E-state index in [1.165, 1.54) is 30.5 Å². The second-order valence-electron chi connectivity index (χ2n) is 5.82. The van der Waals surface area contributed by atoms with Gasteiger partial charge in [-0.3, -0.25) is 0 Å². The Morgan fingerprint density at radius 2 is 2.00 bits per heavy atom. The van der Waals surface area contributed by atoms with E-state index in [4.69, 9.17) is 11.6 Å². The molecule has 0 fully saturated rings. The Hall–Kier alpha value is -0.830. The second kappa shape index (κ2) is 7.09. The molecule has 1 heterocycles. The Morgan fingerprint density at radius 3 is 2.79 bits per heavy atom. The standard InChI is InChI=1S/C15H24ClN3/c1-11(2)8-12(16)9-17-15-13-6-4-3-5-7-14(13)18-10-19-15/h10-12H,3-9H2,1-2H3,(H,17,18,19). The van der Waals surface area contributed by atoms with Crippen LogP contribution in [0.4, 0.5) is 5.82 Å². The van der Waals surface area contributed by atoms with Crippen LogP contribution in [-0.2, 0) is 12.8 Å². The second-order valence-corrected chi connectivity index (χ2v) is 6.43. The quantitative estimate of drug-likeness (QED) is 0.659. The van der Waals surface area contributed by atoms with Gasteiger partial charge in [0.2, 0.25) is 0 Å². The predicted octanol–water partition coefficient (Wildman–Crippen LogP) is 3.81. The minimum atomic E-state index is 0.163. The molecule has 4 heteroatoms. The fourth-order valence-electron chi connectivity index (χ4n) is 2.65. The summed E-state index contributed by atoms with van der Waals surface area (Å²) in [5, 5.41) is 3.59. The third-order valence-electron chi connectivity index (χ3n) is 3.59. The molecule has 0 saturated heterocycles. The number of halogens is 1. The van der Waals surface area contributed by atoms with Crippen molar-refractivity contribution in [2.45, 2.75) is 57.7 Å². The van der Waals surface area contributed by atoms with E-state index in [0.717, 1.165) is 31.6 Å². The minimum absolute atomic E-state index is 0.163. The van der Waals surface area contributed by atoms with Crippen LogP contribution in [0, 0.1) is 5.92 Å². The minimum Gasteiger partial charge on any atom is -0.368 e. The highest BCUT2D eigenvalue weighted by Gasteiger charge is 2.15. The average Bonchev–Trinajstić information content (AvgIpc) is 2.60. The molecule has 1 atom stereocenters. The Labute approximate surface area is 121 Å². The van der Waals surface area contributed by atoms with Gasteiger partial charge in [0, 0.05) is 17.8 Å². The smallest absolute Gasteiger partial charge is 0.132 e. The number of anilines is 1. The normalized spacial score (nSPS) is 16.8. The maximum absolute atomic E-state index is 6.34. The van der Waals surface area contributed by atoms with Crippen LogP contribution in [0.15, 0.2) is 6.33 Å². The lowest BCUT2D eigenvalue weighted by atomic mass is 10.1. The van der Waals surface area contributed by atoms with Crippen LogP contribution < -0.4 is 5.32 Å². The van der Waals surface area contributed by atoms with Gasteiger partial charge in [0.25, 0.3) is 0 Å². The predicted molar refractivity (Wildman–Crippen MR) is 80.9 cm³/mol. The fourth-order valence-corrected chi connectivity index (χ4v) is 3.09. The lowest BCUT2D eigenvalue weighted by molar-refractivity contribution is 0.572. The molecule has 106 valence electrons. The van der Waals surface area contributed by atoms with Crippen molar-refractivity contribution in [2.24, 2.45) is 5.92 Å². The number of hydrogen-bond acceptors (Lipinski definition) is 3. The summed E-state index contributed by atoms with van der Waals surface area (Å²) >= 11 is 6.34. The van der Waals surface area contributed by atoms with Crippen molar-refractivity contribution < 1.29 is 0 Å². The van der Waals surface area contributed by atoms with Gasteiger partial charge in [-0.05, 0) is 38.0 Å². The molecule has 1 N–H and O–H groups in total. The molecule has 0 aliphatic heterocycles. The van der Waals surface area contributed by atoms with Crippen molar-refractivity contribution in [1.82, 2.24) is 9.97 Å². The van der Waals surface area contributed by atoms with Crippen molar-refractivity contribution in [2.75, 3.05) is 11.9 Å². The Balaban J connectivity index is 2.00. The zero-order valence-corrected chi connectivity index (χ0v) is 12.7. The summed E-state index contributed by atoms with van der Waals surface area (Å²) in [6.07, 6.45) is 8.67. The molecule has 0 saturated carbocycles. The lowest BCUT2D eigenvalue weighted by Gasteiger charge is -2.16. The molecule has 0 spiro atoms. The van der Waals surface area contributed by atoms with Gasteiger partial charge in [0.15, 0.2) is 0 Å². The zero-order chi connectivity index (χ0) is 13.7. The Bertz CT molecular complexity index is 406. The van der Waals surface area contributed by atoms with E-state index < -0.39 is 0 Å². The number of aromatic nitrogens is 2. The molecule has 1 aromatic rings. The molecule has 0 radical (unpaired) electrons. The van der Waals surface area contributed by atoms with Crippen LogP contribution in [0.1, 0.15) is 50.8 Å². The van der Waals surface area contributed by atoms with E-state index in [9.17, 15) is 0 Å². The van der Waals surface area contributed by atoms with Crippen LogP contribution in [0.5, 0.6) is 0 Å². The molecule has 1 aromatic heterocycles. The van der Waals surface area contributed by atoms with Gasteiger partial charge in [-0.2, -0.15) is 0 Å². The molecule has 2 rings (SSSR count). The first-order chi connectivity index (χ1) is 9.16. The van der Waals surface area contributed by atoms with Gasteiger partial charge in [-0.1, -0.05) is 20.3 Å². The third-order valence-corrected chi connectivity index (χ3v) is 3.93. The molecule has 0 bridgehead atoms. The van der Waals surface area contributed by atoms with E-state index in [-0.39, 0.29) is 5.38 Å². The molecule has 1 unspecified atom stereocenters. The van der Waals surface area contributed by atoms with Crippen molar-refractivity contribution in [3.63, 3.8) is 0 Å². The summed E-state index contributed by atoms with van der Waals surface area (Å²) in [5.41, 5.74) is 2.54. The first-order valence-corrected chi connectivity index (χ1v) is 7.81. The van der Waals surface area contributed by atoms with Crippen molar-refractivity contribution >= 4 is 17.4 Å². The van der Waals surface area contributed by atoms with Gasteiger partial charge in [0.05, 0.1) is 5.38 Å². The van der Waals surface area contributed by atoms with Gasteiger partial charge in [-0.15, -0.1) is 11.6 Å². The summed E-state index contributed by atoms with van der Waals surface area (Å²) < 4.78 is 0. The number of aryl methyl sites for hydroxylation is 1. The van der Waals surface area contributed by atoms with E-state index in [0.29, 0.717) is 5.92 Å². The average molecular weight is 282 g/mol. The first kappa shape index (κ1) is 14.6.